The van der Waals surface area contributed by atoms with Crippen molar-refractivity contribution >= 4 is 173 Å². The SMILES string of the molecule is c1ccc(-c2nc3cc(-c4c5c(cc6c4[Se]c4cc(N(c7ccccc7)c7ccccc7)cc7c4B6c4ccccc4N7c4ccccc4)B4c6ccccc6N(c6ccccc6)c6cc(N(c7ccccc7)c7ccccc7)cc(c64)[Se]5)ccc3n2-c2ccccc2)cc1. The van der Waals surface area contributed by atoms with Crippen LogP contribution < -0.4 is 70.2 Å². The summed E-state index contributed by atoms with van der Waals surface area (Å²) in [7, 11) is 0. The molecule has 5 heterocycles. The second-order valence-corrected chi connectivity index (χ2v) is 29.0. The molecule has 6 nitrogen and oxygen atoms in total. The zero-order valence-corrected chi connectivity index (χ0v) is 54.9. The molecule has 0 bridgehead atoms. The minimum absolute atomic E-state index is 0.0896. The van der Waals surface area contributed by atoms with Gasteiger partial charge in [0.15, 0.2) is 0 Å². The van der Waals surface area contributed by atoms with Crippen molar-refractivity contribution in [2.45, 2.75) is 0 Å². The molecule has 0 atom stereocenters. The van der Waals surface area contributed by atoms with Crippen LogP contribution in [0, 0.1) is 0 Å². The van der Waals surface area contributed by atoms with E-state index in [2.05, 4.69) is 364 Å². The summed E-state index contributed by atoms with van der Waals surface area (Å²) in [6.45, 7) is -0.179. The van der Waals surface area contributed by atoms with Crippen molar-refractivity contribution in [1.82, 2.24) is 9.55 Å². The van der Waals surface area contributed by atoms with Crippen LogP contribution in [0.25, 0.3) is 39.2 Å². The molecule has 0 saturated heterocycles. The quantitative estimate of drug-likeness (QED) is 0.120. The molecule has 0 fully saturated rings. The number of hydrogen-bond donors (Lipinski definition) is 0. The predicted octanol–water partition coefficient (Wildman–Crippen LogP) is 13.8. The zero-order valence-electron chi connectivity index (χ0n) is 51.5. The number of nitrogens with zero attached hydrogens (tertiary/aromatic N) is 6. The van der Waals surface area contributed by atoms with Gasteiger partial charge in [0.25, 0.3) is 0 Å². The Kier molecular flexibility index (Phi) is 13.4. The van der Waals surface area contributed by atoms with Crippen LogP contribution in [0.15, 0.2) is 340 Å². The van der Waals surface area contributed by atoms with E-state index in [-0.39, 0.29) is 43.3 Å². The van der Waals surface area contributed by atoms with Gasteiger partial charge in [0.05, 0.1) is 0 Å². The molecule has 4 aliphatic heterocycles. The van der Waals surface area contributed by atoms with Gasteiger partial charge in [0, 0.05) is 0 Å². The van der Waals surface area contributed by atoms with Gasteiger partial charge < -0.3 is 0 Å². The molecule has 0 aliphatic carbocycles. The molecule has 0 radical (unpaired) electrons. The van der Waals surface area contributed by atoms with Crippen LogP contribution in [0.3, 0.4) is 0 Å². The number of fused-ring (bicyclic) bond motifs is 9. The van der Waals surface area contributed by atoms with Gasteiger partial charge in [-0.05, 0) is 0 Å². The van der Waals surface area contributed by atoms with Gasteiger partial charge >= 0.3 is 570 Å². The predicted molar refractivity (Wildman–Crippen MR) is 403 cm³/mol. The molecule has 444 valence electrons. The number of imidazole rings is 1. The molecule has 4 aliphatic rings. The van der Waals surface area contributed by atoms with E-state index in [1.165, 1.54) is 84.5 Å². The number of benzene rings is 14. The van der Waals surface area contributed by atoms with Crippen LogP contribution >= 0.6 is 0 Å². The Labute approximate surface area is 566 Å². The molecule has 10 heteroatoms. The van der Waals surface area contributed by atoms with Crippen molar-refractivity contribution in [3.63, 3.8) is 0 Å². The van der Waals surface area contributed by atoms with E-state index < -0.39 is 0 Å². The maximum atomic E-state index is 5.71. The monoisotopic (exact) mass is 1340 g/mol. The van der Waals surface area contributed by atoms with E-state index in [1.807, 2.05) is 0 Å². The van der Waals surface area contributed by atoms with Crippen molar-refractivity contribution in [2.75, 3.05) is 19.6 Å². The summed E-state index contributed by atoms with van der Waals surface area (Å²) in [4.78, 5) is 15.7. The van der Waals surface area contributed by atoms with Gasteiger partial charge in [0.1, 0.15) is 0 Å². The van der Waals surface area contributed by atoms with Crippen molar-refractivity contribution in [3.8, 4) is 28.2 Å². The molecular formula is C85H56B2N6Se2. The molecule has 0 spiro atoms. The summed E-state index contributed by atoms with van der Waals surface area (Å²) >= 11 is -0.431. The first-order valence-electron chi connectivity index (χ1n) is 32.4. The van der Waals surface area contributed by atoms with Crippen molar-refractivity contribution in [3.05, 3.63) is 340 Å². The summed E-state index contributed by atoms with van der Waals surface area (Å²) < 4.78 is 7.98. The van der Waals surface area contributed by atoms with Crippen LogP contribution in [0.2, 0.25) is 0 Å². The first-order valence-corrected chi connectivity index (χ1v) is 35.8. The van der Waals surface area contributed by atoms with Gasteiger partial charge in [-0.25, -0.2) is 0 Å². The van der Waals surface area contributed by atoms with Crippen LogP contribution in [-0.2, 0) is 0 Å². The summed E-state index contributed by atoms with van der Waals surface area (Å²) in [5, 5.41) is 0. The molecule has 95 heavy (non-hydrogen) atoms. The average Bonchev–Trinajstić information content (AvgIpc) is 0.970. The molecule has 19 rings (SSSR count). The van der Waals surface area contributed by atoms with E-state index in [0.717, 1.165) is 73.6 Å². The Morgan fingerprint density at radius 3 is 1.11 bits per heavy atom. The minimum atomic E-state index is -0.215. The summed E-state index contributed by atoms with van der Waals surface area (Å²) in [5.74, 6) is 0.920. The molecular weight excluding hydrogens is 1280 g/mol. The van der Waals surface area contributed by atoms with Gasteiger partial charge in [-0.15, -0.1) is 0 Å². The fourth-order valence-electron chi connectivity index (χ4n) is 15.2. The van der Waals surface area contributed by atoms with Gasteiger partial charge in [0.2, 0.25) is 0 Å². The number of rotatable bonds is 11. The second-order valence-electron chi connectivity index (χ2n) is 24.6. The standard InChI is InChI=1S/C85H56B2N6Se2/c1-9-29-57(30-10-1)85-88-72-51-58(49-50-75(72)93(85)65-43-23-8-24-44-65)80-83-70(86-68-45-25-27-47-73(68)91(63-39-19-6-20-40-63)76-52-66(54-78(94-83)81(76)86)89(59-31-11-2-12-32-59)60-33-13-3-14-34-60)56-71-84(80)95-79-55-67(90(61-35-15-4-16-36-61)62-37-17-5-18-38-62)53-77-82(79)87(71)69-46-26-28-48-74(69)92(77)64-41-21-7-22-42-64/h1-56H. The Morgan fingerprint density at radius 1 is 0.295 bits per heavy atom. The Balaban J connectivity index is 0.924. The normalized spacial score (nSPS) is 12.9. The topological polar surface area (TPSA) is 30.8 Å². The summed E-state index contributed by atoms with van der Waals surface area (Å²) in [6, 6.07) is 126. The number of anilines is 12. The Hall–Kier alpha value is -11.1. The number of aromatic nitrogens is 2. The fraction of sp³-hybridized carbons (Fsp3) is 0. The van der Waals surface area contributed by atoms with Crippen LogP contribution in [0.4, 0.5) is 68.2 Å². The number of hydrogen-bond acceptors (Lipinski definition) is 5. The third-order valence-electron chi connectivity index (χ3n) is 19.2. The molecule has 0 unspecified atom stereocenters. The third-order valence-corrected chi connectivity index (χ3v) is 24.2. The summed E-state index contributed by atoms with van der Waals surface area (Å²) in [5.41, 5.74) is 28.7. The molecule has 0 saturated carbocycles. The number of para-hydroxylation sites is 9. The Bertz CT molecular complexity index is 5120. The Morgan fingerprint density at radius 2 is 0.674 bits per heavy atom. The van der Waals surface area contributed by atoms with Gasteiger partial charge in [-0.3, -0.25) is 0 Å². The molecule has 1 aromatic heterocycles. The molecule has 15 aromatic rings. The second kappa shape index (κ2) is 22.9. The summed E-state index contributed by atoms with van der Waals surface area (Å²) in [6.07, 6.45) is 0. The van der Waals surface area contributed by atoms with E-state index in [0.29, 0.717) is 0 Å². The van der Waals surface area contributed by atoms with Crippen LogP contribution in [0.1, 0.15) is 0 Å². The molecule has 0 N–H and O–H groups in total. The van der Waals surface area contributed by atoms with E-state index in [1.54, 1.807) is 0 Å². The van der Waals surface area contributed by atoms with Crippen LogP contribution in [-0.4, -0.2) is 52.9 Å². The maximum absolute atomic E-state index is 5.71. The van der Waals surface area contributed by atoms with Crippen molar-refractivity contribution < 1.29 is 0 Å². The first kappa shape index (κ1) is 55.5. The van der Waals surface area contributed by atoms with Crippen molar-refractivity contribution in [2.24, 2.45) is 0 Å². The van der Waals surface area contributed by atoms with Gasteiger partial charge in [-0.2, -0.15) is 0 Å². The van der Waals surface area contributed by atoms with Crippen molar-refractivity contribution in [1.29, 1.82) is 0 Å². The van der Waals surface area contributed by atoms with E-state index >= 15 is 0 Å². The fourth-order valence-corrected chi connectivity index (χ4v) is 21.2. The van der Waals surface area contributed by atoms with Crippen LogP contribution in [0.5, 0.6) is 0 Å². The van der Waals surface area contributed by atoms with Gasteiger partial charge in [-0.1, -0.05) is 0 Å². The zero-order chi connectivity index (χ0) is 62.5. The molecule has 14 aromatic carbocycles. The average molecular weight is 1340 g/mol. The third kappa shape index (κ3) is 9.13. The first-order chi connectivity index (χ1) is 47.2. The molecule has 0 amide bonds. The van der Waals surface area contributed by atoms with E-state index in [4.69, 9.17) is 4.98 Å². The van der Waals surface area contributed by atoms with E-state index in [9.17, 15) is 0 Å².